The second kappa shape index (κ2) is 2.76. The van der Waals surface area contributed by atoms with E-state index in [1.807, 2.05) is 6.92 Å². The molecule has 0 N–H and O–H groups in total. The molecule has 0 aromatic heterocycles. The van der Waals surface area contributed by atoms with E-state index in [4.69, 9.17) is 0 Å². The van der Waals surface area contributed by atoms with Crippen molar-refractivity contribution in [2.75, 3.05) is 6.54 Å². The highest BCUT2D eigenvalue weighted by Crippen LogP contribution is 1.99. The predicted molar refractivity (Wildman–Crippen MR) is 40.3 cm³/mol. The van der Waals surface area contributed by atoms with E-state index in [-0.39, 0.29) is 0 Å². The zero-order valence-electron chi connectivity index (χ0n) is 6.02. The summed E-state index contributed by atoms with van der Waals surface area (Å²) in [5.74, 6) is 0.935. The molecule has 1 aliphatic rings. The molecular formula is C7H12N2. The molecule has 1 heterocycles. The van der Waals surface area contributed by atoms with Gasteiger partial charge in [-0.2, -0.15) is 0 Å². The molecule has 0 saturated heterocycles. The SMILES string of the molecule is CC1=NC(C)=NCCC1. The first-order chi connectivity index (χ1) is 4.29. The van der Waals surface area contributed by atoms with Crippen LogP contribution in [-0.2, 0) is 0 Å². The van der Waals surface area contributed by atoms with Crippen LogP contribution in [0.15, 0.2) is 9.98 Å². The normalized spacial score (nSPS) is 20.2. The molecule has 0 aliphatic carbocycles. The van der Waals surface area contributed by atoms with Gasteiger partial charge in [-0.25, -0.2) is 4.99 Å². The van der Waals surface area contributed by atoms with Crippen molar-refractivity contribution in [1.82, 2.24) is 0 Å². The largest absolute Gasteiger partial charge is 0.271 e. The molecule has 0 saturated carbocycles. The number of hydrogen-bond acceptors (Lipinski definition) is 2. The maximum Gasteiger partial charge on any atom is 0.119 e. The molecular weight excluding hydrogens is 112 g/mol. The number of amidine groups is 1. The van der Waals surface area contributed by atoms with Crippen molar-refractivity contribution in [3.8, 4) is 0 Å². The van der Waals surface area contributed by atoms with E-state index in [0.717, 1.165) is 25.2 Å². The molecule has 0 fully saturated rings. The second-order valence-corrected chi connectivity index (χ2v) is 2.38. The average Bonchev–Trinajstić information content (AvgIpc) is 1.93. The van der Waals surface area contributed by atoms with Gasteiger partial charge in [0.1, 0.15) is 5.84 Å². The summed E-state index contributed by atoms with van der Waals surface area (Å²) in [4.78, 5) is 8.45. The fourth-order valence-electron chi connectivity index (χ4n) is 0.943. The topological polar surface area (TPSA) is 24.7 Å². The Hall–Kier alpha value is -0.660. The Morgan fingerprint density at radius 3 is 2.89 bits per heavy atom. The highest BCUT2D eigenvalue weighted by molar-refractivity contribution is 5.96. The summed E-state index contributed by atoms with van der Waals surface area (Å²) in [5.41, 5.74) is 1.22. The van der Waals surface area contributed by atoms with Crippen LogP contribution in [-0.4, -0.2) is 18.1 Å². The Labute approximate surface area is 55.7 Å². The summed E-state index contributed by atoms with van der Waals surface area (Å²) in [5, 5.41) is 0. The first-order valence-corrected chi connectivity index (χ1v) is 3.34. The monoisotopic (exact) mass is 124 g/mol. The lowest BCUT2D eigenvalue weighted by molar-refractivity contribution is 0.886. The fourth-order valence-corrected chi connectivity index (χ4v) is 0.943. The highest BCUT2D eigenvalue weighted by Gasteiger charge is 1.97. The van der Waals surface area contributed by atoms with Gasteiger partial charge in [-0.15, -0.1) is 0 Å². The van der Waals surface area contributed by atoms with E-state index in [0.29, 0.717) is 0 Å². The zero-order valence-corrected chi connectivity index (χ0v) is 6.02. The molecule has 2 nitrogen and oxygen atoms in total. The molecule has 0 unspecified atom stereocenters. The van der Waals surface area contributed by atoms with Gasteiger partial charge in [0.25, 0.3) is 0 Å². The third-order valence-corrected chi connectivity index (χ3v) is 1.39. The smallest absolute Gasteiger partial charge is 0.119 e. The van der Waals surface area contributed by atoms with Crippen molar-refractivity contribution < 1.29 is 0 Å². The fraction of sp³-hybridized carbons (Fsp3) is 0.714. The van der Waals surface area contributed by atoms with Gasteiger partial charge in [-0.1, -0.05) is 0 Å². The van der Waals surface area contributed by atoms with E-state index in [9.17, 15) is 0 Å². The zero-order chi connectivity index (χ0) is 6.69. The molecule has 2 heteroatoms. The van der Waals surface area contributed by atoms with Crippen molar-refractivity contribution in [3.63, 3.8) is 0 Å². The number of rotatable bonds is 0. The molecule has 0 aromatic carbocycles. The summed E-state index contributed by atoms with van der Waals surface area (Å²) in [6.45, 7) is 4.96. The van der Waals surface area contributed by atoms with Gasteiger partial charge in [0.2, 0.25) is 0 Å². The second-order valence-electron chi connectivity index (χ2n) is 2.38. The Balaban J connectivity index is 2.67. The number of hydrogen-bond donors (Lipinski definition) is 0. The molecule has 0 radical (unpaired) electrons. The molecule has 0 bridgehead atoms. The molecule has 9 heavy (non-hydrogen) atoms. The van der Waals surface area contributed by atoms with Crippen LogP contribution in [0.4, 0.5) is 0 Å². The van der Waals surface area contributed by atoms with E-state index in [1.165, 1.54) is 5.71 Å². The van der Waals surface area contributed by atoms with Crippen LogP contribution in [0, 0.1) is 0 Å². The molecule has 0 amide bonds. The molecule has 1 rings (SSSR count). The maximum absolute atomic E-state index is 4.24. The lowest BCUT2D eigenvalue weighted by Crippen LogP contribution is -1.91. The maximum atomic E-state index is 4.24. The van der Waals surface area contributed by atoms with Crippen LogP contribution in [0.25, 0.3) is 0 Å². The quantitative estimate of drug-likeness (QED) is 0.469. The van der Waals surface area contributed by atoms with Gasteiger partial charge < -0.3 is 0 Å². The van der Waals surface area contributed by atoms with Gasteiger partial charge in [-0.05, 0) is 26.7 Å². The summed E-state index contributed by atoms with van der Waals surface area (Å²) >= 11 is 0. The van der Waals surface area contributed by atoms with E-state index in [2.05, 4.69) is 16.9 Å². The van der Waals surface area contributed by atoms with E-state index < -0.39 is 0 Å². The summed E-state index contributed by atoms with van der Waals surface area (Å²) in [6.07, 6.45) is 2.27. The number of aliphatic imine (C=N–C) groups is 2. The minimum atomic E-state index is 0.935. The van der Waals surface area contributed by atoms with Crippen LogP contribution in [0.5, 0.6) is 0 Å². The van der Waals surface area contributed by atoms with Gasteiger partial charge in [0.15, 0.2) is 0 Å². The first-order valence-electron chi connectivity index (χ1n) is 3.34. The molecule has 0 spiro atoms. The standard InChI is InChI=1S/C7H12N2/c1-6-4-3-5-8-7(2)9-6/h3-5H2,1-2H3. The lowest BCUT2D eigenvalue weighted by Gasteiger charge is -1.90. The predicted octanol–water partition coefficient (Wildman–Crippen LogP) is 1.66. The van der Waals surface area contributed by atoms with E-state index >= 15 is 0 Å². The molecule has 0 atom stereocenters. The first kappa shape index (κ1) is 6.46. The van der Waals surface area contributed by atoms with Crippen LogP contribution >= 0.6 is 0 Å². The summed E-state index contributed by atoms with van der Waals surface area (Å²) in [7, 11) is 0. The summed E-state index contributed by atoms with van der Waals surface area (Å²) in [6, 6.07) is 0. The Morgan fingerprint density at radius 2 is 2.11 bits per heavy atom. The Bertz CT molecular complexity index is 156. The molecule has 50 valence electrons. The third-order valence-electron chi connectivity index (χ3n) is 1.39. The average molecular weight is 124 g/mol. The van der Waals surface area contributed by atoms with Crippen LogP contribution in [0.2, 0.25) is 0 Å². The van der Waals surface area contributed by atoms with Crippen molar-refractivity contribution in [2.45, 2.75) is 26.7 Å². The number of nitrogens with zero attached hydrogens (tertiary/aromatic N) is 2. The van der Waals surface area contributed by atoms with Crippen molar-refractivity contribution in [1.29, 1.82) is 0 Å². The van der Waals surface area contributed by atoms with Crippen molar-refractivity contribution >= 4 is 11.5 Å². The minimum Gasteiger partial charge on any atom is -0.271 e. The van der Waals surface area contributed by atoms with Gasteiger partial charge >= 0.3 is 0 Å². The van der Waals surface area contributed by atoms with Gasteiger partial charge in [-0.3, -0.25) is 4.99 Å². The van der Waals surface area contributed by atoms with Crippen LogP contribution in [0.1, 0.15) is 26.7 Å². The Morgan fingerprint density at radius 1 is 1.33 bits per heavy atom. The van der Waals surface area contributed by atoms with Crippen LogP contribution in [0.3, 0.4) is 0 Å². The third kappa shape index (κ3) is 1.96. The van der Waals surface area contributed by atoms with Gasteiger partial charge in [0, 0.05) is 12.3 Å². The Kier molecular flexibility index (Phi) is 1.98. The van der Waals surface area contributed by atoms with E-state index in [1.54, 1.807) is 0 Å². The minimum absolute atomic E-state index is 0.935. The molecule has 1 aliphatic heterocycles. The molecule has 0 aromatic rings. The van der Waals surface area contributed by atoms with Crippen molar-refractivity contribution in [3.05, 3.63) is 0 Å². The van der Waals surface area contributed by atoms with Crippen molar-refractivity contribution in [2.24, 2.45) is 9.98 Å². The summed E-state index contributed by atoms with van der Waals surface area (Å²) < 4.78 is 0. The lowest BCUT2D eigenvalue weighted by atomic mass is 10.2. The highest BCUT2D eigenvalue weighted by atomic mass is 14.9. The van der Waals surface area contributed by atoms with Gasteiger partial charge in [0.05, 0.1) is 0 Å². The van der Waals surface area contributed by atoms with Crippen LogP contribution < -0.4 is 0 Å².